The second-order valence-corrected chi connectivity index (χ2v) is 6.64. The van der Waals surface area contributed by atoms with Crippen molar-refractivity contribution in [3.8, 4) is 0 Å². The van der Waals surface area contributed by atoms with Crippen molar-refractivity contribution in [2.75, 3.05) is 24.6 Å². The Hall–Kier alpha value is -0.790. The van der Waals surface area contributed by atoms with Gasteiger partial charge in [-0.1, -0.05) is 15.9 Å². The maximum absolute atomic E-state index is 13.2. The first-order valence-corrected chi connectivity index (χ1v) is 7.32. The van der Waals surface area contributed by atoms with Crippen LogP contribution in [0.2, 0.25) is 0 Å². The molecule has 0 radical (unpaired) electrons. The molecule has 1 unspecified atom stereocenters. The van der Waals surface area contributed by atoms with E-state index in [9.17, 15) is 18.3 Å². The van der Waals surface area contributed by atoms with Gasteiger partial charge in [0.2, 0.25) is 0 Å². The highest BCUT2D eigenvalue weighted by Crippen LogP contribution is 2.39. The smallest absolute Gasteiger partial charge is 0.394 e. The molecule has 7 heteroatoms. The molecule has 1 heterocycles. The third-order valence-electron chi connectivity index (χ3n) is 3.29. The van der Waals surface area contributed by atoms with Crippen LogP contribution in [0.15, 0.2) is 22.7 Å². The molecule has 118 valence electrons. The first kappa shape index (κ1) is 16.6. The normalized spacial score (nSPS) is 22.4. The lowest BCUT2D eigenvalue weighted by Crippen LogP contribution is -2.54. The minimum atomic E-state index is -4.42. The van der Waals surface area contributed by atoms with E-state index >= 15 is 0 Å². The Morgan fingerprint density at radius 3 is 2.67 bits per heavy atom. The van der Waals surface area contributed by atoms with Crippen LogP contribution >= 0.6 is 15.9 Å². The van der Waals surface area contributed by atoms with Gasteiger partial charge in [0.1, 0.15) is 0 Å². The highest BCUT2D eigenvalue weighted by atomic mass is 79.9. The maximum Gasteiger partial charge on any atom is 0.418 e. The van der Waals surface area contributed by atoms with Crippen molar-refractivity contribution in [2.45, 2.75) is 31.7 Å². The zero-order valence-electron chi connectivity index (χ0n) is 11.7. The standard InChI is InChI=1S/C14H17BrF3NO2/c1-13(2)8-19(6-10(7-20)21-13)12-5-9(15)3-4-11(12)14(16,17)18/h3-5,10,20H,6-8H2,1-2H3. The molecule has 1 aromatic rings. The number of morpholine rings is 1. The number of nitrogens with zero attached hydrogens (tertiary/aromatic N) is 1. The number of hydrogen-bond donors (Lipinski definition) is 1. The zero-order valence-corrected chi connectivity index (χ0v) is 13.3. The molecular formula is C14H17BrF3NO2. The van der Waals surface area contributed by atoms with Gasteiger partial charge >= 0.3 is 6.18 Å². The van der Waals surface area contributed by atoms with Crippen LogP contribution in [0.1, 0.15) is 19.4 Å². The van der Waals surface area contributed by atoms with Crippen molar-refractivity contribution in [3.05, 3.63) is 28.2 Å². The molecule has 1 aromatic carbocycles. The summed E-state index contributed by atoms with van der Waals surface area (Å²) in [5.41, 5.74) is -1.21. The van der Waals surface area contributed by atoms with Gasteiger partial charge in [0.25, 0.3) is 0 Å². The van der Waals surface area contributed by atoms with Crippen LogP contribution in [0.25, 0.3) is 0 Å². The Bertz CT molecular complexity index is 519. The summed E-state index contributed by atoms with van der Waals surface area (Å²) in [6.45, 7) is 3.91. The van der Waals surface area contributed by atoms with Crippen molar-refractivity contribution in [1.29, 1.82) is 0 Å². The van der Waals surface area contributed by atoms with Gasteiger partial charge in [-0.15, -0.1) is 0 Å². The molecule has 1 atom stereocenters. The number of anilines is 1. The molecule has 0 aliphatic carbocycles. The van der Waals surface area contributed by atoms with Crippen LogP contribution in [0.3, 0.4) is 0 Å². The van der Waals surface area contributed by atoms with Crippen molar-refractivity contribution < 1.29 is 23.0 Å². The molecule has 1 saturated heterocycles. The fourth-order valence-corrected chi connectivity index (χ4v) is 2.93. The molecule has 0 aromatic heterocycles. The predicted octanol–water partition coefficient (Wildman–Crippen LogP) is 3.44. The van der Waals surface area contributed by atoms with E-state index in [2.05, 4.69) is 15.9 Å². The molecule has 1 aliphatic heterocycles. The SMILES string of the molecule is CC1(C)CN(c2cc(Br)ccc2C(F)(F)F)CC(CO)O1. The number of hydrogen-bond acceptors (Lipinski definition) is 3. The van der Waals surface area contributed by atoms with Crippen LogP contribution in [0.4, 0.5) is 18.9 Å². The number of ether oxygens (including phenoxy) is 1. The topological polar surface area (TPSA) is 32.7 Å². The first-order chi connectivity index (χ1) is 9.62. The molecule has 0 saturated carbocycles. The lowest BCUT2D eigenvalue weighted by Gasteiger charge is -2.44. The Labute approximate surface area is 129 Å². The zero-order chi connectivity index (χ0) is 15.8. The van der Waals surface area contributed by atoms with Crippen molar-refractivity contribution in [2.24, 2.45) is 0 Å². The van der Waals surface area contributed by atoms with E-state index in [0.717, 1.165) is 6.07 Å². The minimum absolute atomic E-state index is 0.103. The molecular weight excluding hydrogens is 351 g/mol. The molecule has 0 spiro atoms. The van der Waals surface area contributed by atoms with E-state index in [4.69, 9.17) is 4.74 Å². The lowest BCUT2D eigenvalue weighted by atomic mass is 10.0. The highest BCUT2D eigenvalue weighted by molar-refractivity contribution is 9.10. The average molecular weight is 368 g/mol. The number of alkyl halides is 3. The highest BCUT2D eigenvalue weighted by Gasteiger charge is 2.39. The molecule has 1 fully saturated rings. The van der Waals surface area contributed by atoms with Crippen LogP contribution in [-0.2, 0) is 10.9 Å². The summed E-state index contributed by atoms with van der Waals surface area (Å²) in [6.07, 6.45) is -4.93. The summed E-state index contributed by atoms with van der Waals surface area (Å²) in [5.74, 6) is 0. The molecule has 1 N–H and O–H groups in total. The first-order valence-electron chi connectivity index (χ1n) is 6.53. The van der Waals surface area contributed by atoms with E-state index in [-0.39, 0.29) is 18.8 Å². The second kappa shape index (κ2) is 5.78. The van der Waals surface area contributed by atoms with Gasteiger partial charge in [-0.3, -0.25) is 0 Å². The number of rotatable bonds is 2. The monoisotopic (exact) mass is 367 g/mol. The molecule has 0 bridgehead atoms. The maximum atomic E-state index is 13.2. The third kappa shape index (κ3) is 3.90. The fraction of sp³-hybridized carbons (Fsp3) is 0.571. The van der Waals surface area contributed by atoms with E-state index < -0.39 is 23.4 Å². The van der Waals surface area contributed by atoms with Gasteiger partial charge in [-0.05, 0) is 32.0 Å². The Balaban J connectivity index is 2.42. The largest absolute Gasteiger partial charge is 0.418 e. The summed E-state index contributed by atoms with van der Waals surface area (Å²) in [5, 5.41) is 9.29. The molecule has 21 heavy (non-hydrogen) atoms. The molecule has 2 rings (SSSR count). The summed E-state index contributed by atoms with van der Waals surface area (Å²) >= 11 is 3.22. The quantitative estimate of drug-likeness (QED) is 0.868. The van der Waals surface area contributed by atoms with E-state index in [1.165, 1.54) is 12.1 Å². The predicted molar refractivity (Wildman–Crippen MR) is 77.4 cm³/mol. The fourth-order valence-electron chi connectivity index (χ4n) is 2.58. The van der Waals surface area contributed by atoms with Gasteiger partial charge in [0.05, 0.1) is 29.6 Å². The summed E-state index contributed by atoms with van der Waals surface area (Å²) in [6, 6.07) is 3.90. The Morgan fingerprint density at radius 1 is 1.43 bits per heavy atom. The summed E-state index contributed by atoms with van der Waals surface area (Å²) < 4.78 is 45.8. The second-order valence-electron chi connectivity index (χ2n) is 5.72. The summed E-state index contributed by atoms with van der Waals surface area (Å²) in [4.78, 5) is 1.62. The molecule has 3 nitrogen and oxygen atoms in total. The van der Waals surface area contributed by atoms with Crippen molar-refractivity contribution in [1.82, 2.24) is 0 Å². The van der Waals surface area contributed by atoms with Crippen LogP contribution in [0.5, 0.6) is 0 Å². The average Bonchev–Trinajstić information content (AvgIpc) is 2.35. The summed E-state index contributed by atoms with van der Waals surface area (Å²) in [7, 11) is 0. The van der Waals surface area contributed by atoms with Gasteiger partial charge in [-0.2, -0.15) is 13.2 Å². The van der Waals surface area contributed by atoms with Gasteiger partial charge < -0.3 is 14.7 Å². The Morgan fingerprint density at radius 2 is 2.10 bits per heavy atom. The van der Waals surface area contributed by atoms with Crippen LogP contribution < -0.4 is 4.90 Å². The van der Waals surface area contributed by atoms with Gasteiger partial charge in [-0.25, -0.2) is 0 Å². The van der Waals surface area contributed by atoms with E-state index in [0.29, 0.717) is 11.0 Å². The van der Waals surface area contributed by atoms with Crippen LogP contribution in [0, 0.1) is 0 Å². The van der Waals surface area contributed by atoms with Crippen molar-refractivity contribution >= 4 is 21.6 Å². The number of halogens is 4. The van der Waals surface area contributed by atoms with Crippen LogP contribution in [-0.4, -0.2) is 36.5 Å². The number of aliphatic hydroxyl groups is 1. The van der Waals surface area contributed by atoms with Gasteiger partial charge in [0, 0.05) is 17.6 Å². The minimum Gasteiger partial charge on any atom is -0.394 e. The van der Waals surface area contributed by atoms with E-state index in [1.807, 2.05) is 0 Å². The molecule has 1 aliphatic rings. The lowest BCUT2D eigenvalue weighted by molar-refractivity contribution is -0.137. The van der Waals surface area contributed by atoms with Crippen molar-refractivity contribution in [3.63, 3.8) is 0 Å². The van der Waals surface area contributed by atoms with Gasteiger partial charge in [0.15, 0.2) is 0 Å². The third-order valence-corrected chi connectivity index (χ3v) is 3.78. The van der Waals surface area contributed by atoms with E-state index in [1.54, 1.807) is 18.7 Å². The Kier molecular flexibility index (Phi) is 4.56. The molecule has 0 amide bonds. The number of aliphatic hydroxyl groups excluding tert-OH is 1. The number of benzene rings is 1.